The van der Waals surface area contributed by atoms with E-state index in [0.29, 0.717) is 12.8 Å². The smallest absolute Gasteiger partial charge is 0.240 e. The van der Waals surface area contributed by atoms with Crippen LogP contribution in [0.15, 0.2) is 47.4 Å². The highest BCUT2D eigenvalue weighted by atomic mass is 32.2. The number of nitrogens with zero attached hydrogens (tertiary/aromatic N) is 2. The van der Waals surface area contributed by atoms with Gasteiger partial charge in [-0.2, -0.15) is 0 Å². The minimum Gasteiger partial charge on any atom is -0.340 e. The Labute approximate surface area is 150 Å². The largest absolute Gasteiger partial charge is 0.340 e. The molecule has 6 nitrogen and oxygen atoms in total. The summed E-state index contributed by atoms with van der Waals surface area (Å²) in [6.45, 7) is 10.2. The molecule has 0 bridgehead atoms. The summed E-state index contributed by atoms with van der Waals surface area (Å²) in [4.78, 5) is 16.6. The Kier molecular flexibility index (Phi) is 7.16. The average Bonchev–Trinajstić information content (AvgIpc) is 2.59. The third kappa shape index (κ3) is 6.26. The molecule has 0 aliphatic carbocycles. The van der Waals surface area contributed by atoms with Crippen molar-refractivity contribution in [3.8, 4) is 0 Å². The number of sulfonamides is 1. The summed E-state index contributed by atoms with van der Waals surface area (Å²) in [7, 11) is -3.49. The van der Waals surface area contributed by atoms with E-state index in [1.54, 1.807) is 30.3 Å². The first-order valence-electron chi connectivity index (χ1n) is 8.58. The van der Waals surface area contributed by atoms with Gasteiger partial charge in [0.15, 0.2) is 0 Å². The molecule has 1 amide bonds. The van der Waals surface area contributed by atoms with Crippen molar-refractivity contribution in [2.24, 2.45) is 0 Å². The Morgan fingerprint density at radius 3 is 2.40 bits per heavy atom. The molecular weight excluding hydrogens is 338 g/mol. The number of piperazine rings is 1. The molecule has 138 valence electrons. The lowest BCUT2D eigenvalue weighted by Gasteiger charge is -2.34. The summed E-state index contributed by atoms with van der Waals surface area (Å²) in [6.07, 6.45) is 0.856. The highest BCUT2D eigenvalue weighted by molar-refractivity contribution is 7.89. The number of amides is 1. The molecule has 1 aromatic rings. The van der Waals surface area contributed by atoms with E-state index in [4.69, 9.17) is 0 Å². The van der Waals surface area contributed by atoms with Crippen LogP contribution in [0.5, 0.6) is 0 Å². The van der Waals surface area contributed by atoms with Gasteiger partial charge in [-0.25, -0.2) is 13.1 Å². The summed E-state index contributed by atoms with van der Waals surface area (Å²) >= 11 is 0. The van der Waals surface area contributed by atoms with Crippen molar-refractivity contribution in [2.75, 3.05) is 39.3 Å². The van der Waals surface area contributed by atoms with Crippen LogP contribution in [0.25, 0.3) is 0 Å². The van der Waals surface area contributed by atoms with E-state index in [1.807, 2.05) is 11.8 Å². The number of nitrogens with one attached hydrogen (secondary N) is 1. The lowest BCUT2D eigenvalue weighted by molar-refractivity contribution is -0.132. The summed E-state index contributed by atoms with van der Waals surface area (Å²) in [5.41, 5.74) is 1.13. The van der Waals surface area contributed by atoms with Crippen molar-refractivity contribution < 1.29 is 13.2 Å². The molecule has 0 radical (unpaired) electrons. The van der Waals surface area contributed by atoms with Crippen molar-refractivity contribution in [3.05, 3.63) is 42.5 Å². The molecule has 2 rings (SSSR count). The van der Waals surface area contributed by atoms with E-state index in [0.717, 1.165) is 38.3 Å². The third-order valence-electron chi connectivity index (χ3n) is 4.13. The standard InChI is InChI=1S/C18H27N3O3S/c1-16(2)15-20-11-13-21(14-12-20)18(22)9-6-10-19-25(23,24)17-7-4-3-5-8-17/h3-5,7-8,19H,1,6,9-15H2,2H3. The van der Waals surface area contributed by atoms with Crippen LogP contribution in [0.2, 0.25) is 0 Å². The van der Waals surface area contributed by atoms with Crippen molar-refractivity contribution in [1.29, 1.82) is 0 Å². The number of carbonyl (C=O) groups excluding carboxylic acids is 1. The zero-order valence-corrected chi connectivity index (χ0v) is 15.6. The first-order valence-corrected chi connectivity index (χ1v) is 10.1. The molecule has 1 saturated heterocycles. The number of rotatable bonds is 8. The Morgan fingerprint density at radius 1 is 1.16 bits per heavy atom. The van der Waals surface area contributed by atoms with E-state index < -0.39 is 10.0 Å². The summed E-state index contributed by atoms with van der Waals surface area (Å²) in [5, 5.41) is 0. The second kappa shape index (κ2) is 9.12. The van der Waals surface area contributed by atoms with Gasteiger partial charge in [0.05, 0.1) is 4.90 Å². The van der Waals surface area contributed by atoms with Crippen LogP contribution >= 0.6 is 0 Å². The molecule has 0 spiro atoms. The topological polar surface area (TPSA) is 69.7 Å². The SMILES string of the molecule is C=C(C)CN1CCN(C(=O)CCCNS(=O)(=O)c2ccccc2)CC1. The predicted octanol–water partition coefficient (Wildman–Crippen LogP) is 1.47. The Hall–Kier alpha value is -1.70. The minimum atomic E-state index is -3.49. The van der Waals surface area contributed by atoms with Gasteiger partial charge in [-0.3, -0.25) is 9.69 Å². The zero-order valence-electron chi connectivity index (χ0n) is 14.8. The van der Waals surface area contributed by atoms with Crippen LogP contribution in [-0.2, 0) is 14.8 Å². The molecule has 0 aromatic heterocycles. The van der Waals surface area contributed by atoms with Gasteiger partial charge in [-0.1, -0.05) is 30.4 Å². The van der Waals surface area contributed by atoms with Crippen molar-refractivity contribution in [1.82, 2.24) is 14.5 Å². The van der Waals surface area contributed by atoms with Crippen LogP contribution in [0.3, 0.4) is 0 Å². The Bertz CT molecular complexity index is 681. The molecule has 1 N–H and O–H groups in total. The van der Waals surface area contributed by atoms with Gasteiger partial charge in [0.1, 0.15) is 0 Å². The quantitative estimate of drug-likeness (QED) is 0.559. The van der Waals surface area contributed by atoms with E-state index in [2.05, 4.69) is 16.2 Å². The molecule has 7 heteroatoms. The molecule has 1 aliphatic rings. The molecule has 0 saturated carbocycles. The van der Waals surface area contributed by atoms with Gasteiger partial charge in [0, 0.05) is 45.7 Å². The molecular formula is C18H27N3O3S. The maximum Gasteiger partial charge on any atom is 0.240 e. The van der Waals surface area contributed by atoms with Crippen LogP contribution in [0, 0.1) is 0 Å². The molecule has 0 atom stereocenters. The average molecular weight is 365 g/mol. The zero-order chi connectivity index (χ0) is 18.3. The van der Waals surface area contributed by atoms with Gasteiger partial charge >= 0.3 is 0 Å². The minimum absolute atomic E-state index is 0.0916. The van der Waals surface area contributed by atoms with Crippen LogP contribution < -0.4 is 4.72 Å². The molecule has 0 unspecified atom stereocenters. The number of hydrogen-bond donors (Lipinski definition) is 1. The van der Waals surface area contributed by atoms with Gasteiger partial charge in [0.2, 0.25) is 15.9 Å². The lowest BCUT2D eigenvalue weighted by atomic mass is 10.2. The molecule has 1 aliphatic heterocycles. The third-order valence-corrected chi connectivity index (χ3v) is 5.61. The van der Waals surface area contributed by atoms with Crippen molar-refractivity contribution >= 4 is 15.9 Å². The summed E-state index contributed by atoms with van der Waals surface area (Å²) in [6, 6.07) is 8.25. The first kappa shape index (κ1) is 19.6. The van der Waals surface area contributed by atoms with Crippen LogP contribution in [0.4, 0.5) is 0 Å². The van der Waals surface area contributed by atoms with Gasteiger partial charge in [0.25, 0.3) is 0 Å². The normalized spacial score (nSPS) is 16.0. The maximum absolute atomic E-state index is 12.2. The number of benzene rings is 1. The Balaban J connectivity index is 1.68. The van der Waals surface area contributed by atoms with Crippen LogP contribution in [-0.4, -0.2) is 63.4 Å². The summed E-state index contributed by atoms with van der Waals surface area (Å²) in [5.74, 6) is 0.0916. The van der Waals surface area contributed by atoms with Gasteiger partial charge in [-0.15, -0.1) is 0 Å². The van der Waals surface area contributed by atoms with Gasteiger partial charge < -0.3 is 4.90 Å². The second-order valence-electron chi connectivity index (χ2n) is 6.43. The highest BCUT2D eigenvalue weighted by Gasteiger charge is 2.20. The fraction of sp³-hybridized carbons (Fsp3) is 0.500. The summed E-state index contributed by atoms with van der Waals surface area (Å²) < 4.78 is 26.7. The molecule has 25 heavy (non-hydrogen) atoms. The predicted molar refractivity (Wildman–Crippen MR) is 98.7 cm³/mol. The molecule has 1 fully saturated rings. The fourth-order valence-electron chi connectivity index (χ4n) is 2.82. The van der Waals surface area contributed by atoms with E-state index >= 15 is 0 Å². The maximum atomic E-state index is 12.2. The molecule has 1 aromatic carbocycles. The van der Waals surface area contributed by atoms with E-state index in [-0.39, 0.29) is 17.3 Å². The first-order chi connectivity index (χ1) is 11.9. The van der Waals surface area contributed by atoms with E-state index in [1.165, 1.54) is 0 Å². The fourth-order valence-corrected chi connectivity index (χ4v) is 3.92. The monoisotopic (exact) mass is 365 g/mol. The Morgan fingerprint density at radius 2 is 1.80 bits per heavy atom. The lowest BCUT2D eigenvalue weighted by Crippen LogP contribution is -2.49. The number of hydrogen-bond acceptors (Lipinski definition) is 4. The van der Waals surface area contributed by atoms with Gasteiger partial charge in [-0.05, 0) is 25.5 Å². The number of carbonyl (C=O) groups is 1. The van der Waals surface area contributed by atoms with Crippen LogP contribution in [0.1, 0.15) is 19.8 Å². The molecule has 1 heterocycles. The van der Waals surface area contributed by atoms with Crippen molar-refractivity contribution in [2.45, 2.75) is 24.7 Å². The van der Waals surface area contributed by atoms with E-state index in [9.17, 15) is 13.2 Å². The second-order valence-corrected chi connectivity index (χ2v) is 8.20. The highest BCUT2D eigenvalue weighted by Crippen LogP contribution is 2.09. The van der Waals surface area contributed by atoms with Crippen molar-refractivity contribution in [3.63, 3.8) is 0 Å².